The summed E-state index contributed by atoms with van der Waals surface area (Å²) in [6.07, 6.45) is 0. The molecule has 0 aliphatic carbocycles. The number of amides is 1. The summed E-state index contributed by atoms with van der Waals surface area (Å²) in [5, 5.41) is 20.6. The van der Waals surface area contributed by atoms with Crippen molar-refractivity contribution in [2.75, 3.05) is 37.9 Å². The highest BCUT2D eigenvalue weighted by Crippen LogP contribution is 2.25. The van der Waals surface area contributed by atoms with E-state index in [1.54, 1.807) is 24.3 Å². The standard InChI is InChI=1S/C16H18N2O6S/c1-24-16(23)12-8-18(6-7-19)15(22)14(12)17-10-2-4-11(5-3-10)25-9-13(20)21/h2-5,17,19H,6-9H2,1H3,(H,20,21). The molecule has 0 saturated heterocycles. The van der Waals surface area contributed by atoms with Gasteiger partial charge < -0.3 is 25.2 Å². The Hall–Kier alpha value is -2.52. The van der Waals surface area contributed by atoms with Crippen LogP contribution in [0.5, 0.6) is 0 Å². The molecule has 134 valence electrons. The SMILES string of the molecule is COC(=O)C1=C(Nc2ccc(SCC(=O)O)cc2)C(=O)N(CCO)C1. The van der Waals surface area contributed by atoms with E-state index < -0.39 is 17.8 Å². The number of hydrogen-bond donors (Lipinski definition) is 3. The normalized spacial score (nSPS) is 14.0. The van der Waals surface area contributed by atoms with Crippen LogP contribution in [-0.2, 0) is 19.1 Å². The Bertz CT molecular complexity index is 701. The van der Waals surface area contributed by atoms with Gasteiger partial charge in [-0.3, -0.25) is 9.59 Å². The molecule has 0 atom stereocenters. The number of carboxylic acid groups (broad SMARTS) is 1. The number of nitrogens with zero attached hydrogens (tertiary/aromatic N) is 1. The number of hydrogen-bond acceptors (Lipinski definition) is 7. The molecule has 1 heterocycles. The van der Waals surface area contributed by atoms with E-state index in [4.69, 9.17) is 14.9 Å². The molecule has 1 aromatic rings. The van der Waals surface area contributed by atoms with Crippen LogP contribution in [0.2, 0.25) is 0 Å². The predicted molar refractivity (Wildman–Crippen MR) is 91.1 cm³/mol. The van der Waals surface area contributed by atoms with E-state index >= 15 is 0 Å². The Labute approximate surface area is 148 Å². The first-order valence-electron chi connectivity index (χ1n) is 7.39. The zero-order chi connectivity index (χ0) is 18.4. The van der Waals surface area contributed by atoms with Gasteiger partial charge in [0.2, 0.25) is 0 Å². The monoisotopic (exact) mass is 366 g/mol. The number of benzene rings is 1. The van der Waals surface area contributed by atoms with Crippen molar-refractivity contribution >= 4 is 35.3 Å². The highest BCUT2D eigenvalue weighted by molar-refractivity contribution is 8.00. The Balaban J connectivity index is 2.16. The number of thioether (sulfide) groups is 1. The number of nitrogens with one attached hydrogen (secondary N) is 1. The Kier molecular flexibility index (Phi) is 6.43. The number of carbonyl (C=O) groups is 3. The Morgan fingerprint density at radius 1 is 1.32 bits per heavy atom. The molecule has 1 amide bonds. The molecule has 8 nitrogen and oxygen atoms in total. The van der Waals surface area contributed by atoms with Gasteiger partial charge in [-0.1, -0.05) is 0 Å². The van der Waals surface area contributed by atoms with E-state index in [9.17, 15) is 14.4 Å². The maximum Gasteiger partial charge on any atom is 0.337 e. The maximum atomic E-state index is 12.4. The second kappa shape index (κ2) is 8.54. The highest BCUT2D eigenvalue weighted by atomic mass is 32.2. The fraction of sp³-hybridized carbons (Fsp3) is 0.312. The van der Waals surface area contributed by atoms with E-state index in [2.05, 4.69) is 5.32 Å². The summed E-state index contributed by atoms with van der Waals surface area (Å²) in [6.45, 7) is -0.0147. The Morgan fingerprint density at radius 3 is 2.56 bits per heavy atom. The highest BCUT2D eigenvalue weighted by Gasteiger charge is 2.34. The van der Waals surface area contributed by atoms with Crippen molar-refractivity contribution in [3.63, 3.8) is 0 Å². The number of aliphatic hydroxyl groups is 1. The number of rotatable bonds is 8. The number of aliphatic carboxylic acids is 1. The molecule has 0 spiro atoms. The van der Waals surface area contributed by atoms with Gasteiger partial charge in [-0.2, -0.15) is 0 Å². The second-order valence-electron chi connectivity index (χ2n) is 5.13. The van der Waals surface area contributed by atoms with Crippen LogP contribution in [0.4, 0.5) is 5.69 Å². The summed E-state index contributed by atoms with van der Waals surface area (Å²) in [5.74, 6) is -1.94. The van der Waals surface area contributed by atoms with Crippen LogP contribution in [0.25, 0.3) is 0 Å². The molecule has 0 fully saturated rings. The van der Waals surface area contributed by atoms with E-state index in [-0.39, 0.29) is 36.7 Å². The van der Waals surface area contributed by atoms with Gasteiger partial charge in [0.15, 0.2) is 0 Å². The maximum absolute atomic E-state index is 12.4. The van der Waals surface area contributed by atoms with Crippen LogP contribution in [-0.4, -0.2) is 65.5 Å². The minimum atomic E-state index is -0.902. The molecule has 0 aromatic heterocycles. The number of β-amino-alcohol motifs (C(OH)–C–C–N with tert-alkyl or cyclic N) is 1. The summed E-state index contributed by atoms with van der Waals surface area (Å²) < 4.78 is 4.71. The molecular formula is C16H18N2O6S. The van der Waals surface area contributed by atoms with Crippen molar-refractivity contribution in [2.45, 2.75) is 4.90 Å². The summed E-state index contributed by atoms with van der Waals surface area (Å²) in [5.41, 5.74) is 0.895. The van der Waals surface area contributed by atoms with E-state index in [0.717, 1.165) is 4.90 Å². The van der Waals surface area contributed by atoms with Crippen molar-refractivity contribution in [2.24, 2.45) is 0 Å². The molecule has 9 heteroatoms. The molecule has 3 N–H and O–H groups in total. The average Bonchev–Trinajstić information content (AvgIpc) is 2.90. The number of aliphatic hydroxyl groups excluding tert-OH is 1. The van der Waals surface area contributed by atoms with Gasteiger partial charge in [0.25, 0.3) is 5.91 Å². The third-order valence-corrected chi connectivity index (χ3v) is 4.44. The summed E-state index contributed by atoms with van der Waals surface area (Å²) in [4.78, 5) is 37.0. The second-order valence-corrected chi connectivity index (χ2v) is 6.18. The summed E-state index contributed by atoms with van der Waals surface area (Å²) in [7, 11) is 1.24. The molecule has 0 saturated carbocycles. The van der Waals surface area contributed by atoms with Crippen LogP contribution >= 0.6 is 11.8 Å². The lowest BCUT2D eigenvalue weighted by Crippen LogP contribution is -2.31. The number of carbonyl (C=O) groups excluding carboxylic acids is 2. The van der Waals surface area contributed by atoms with Gasteiger partial charge in [-0.05, 0) is 24.3 Å². The molecule has 1 aromatic carbocycles. The first-order valence-corrected chi connectivity index (χ1v) is 8.38. The summed E-state index contributed by atoms with van der Waals surface area (Å²) in [6, 6.07) is 6.82. The number of ether oxygens (including phenoxy) is 1. The quantitative estimate of drug-likeness (QED) is 0.451. The van der Waals surface area contributed by atoms with E-state index in [1.807, 2.05) is 0 Å². The van der Waals surface area contributed by atoms with Gasteiger partial charge in [0.05, 0.1) is 31.6 Å². The lowest BCUT2D eigenvalue weighted by molar-refractivity contribution is -0.136. The van der Waals surface area contributed by atoms with Crippen molar-refractivity contribution in [3.8, 4) is 0 Å². The number of anilines is 1. The third-order valence-electron chi connectivity index (χ3n) is 3.44. The minimum absolute atomic E-state index is 0.0426. The summed E-state index contributed by atoms with van der Waals surface area (Å²) >= 11 is 1.18. The fourth-order valence-corrected chi connectivity index (χ4v) is 2.89. The van der Waals surface area contributed by atoms with Crippen LogP contribution in [0, 0.1) is 0 Å². The molecule has 0 radical (unpaired) electrons. The molecule has 2 rings (SSSR count). The van der Waals surface area contributed by atoms with Crippen molar-refractivity contribution in [1.29, 1.82) is 0 Å². The molecule has 0 unspecified atom stereocenters. The van der Waals surface area contributed by atoms with Crippen molar-refractivity contribution in [1.82, 2.24) is 4.90 Å². The lowest BCUT2D eigenvalue weighted by atomic mass is 10.2. The topological polar surface area (TPSA) is 116 Å². The fourth-order valence-electron chi connectivity index (χ4n) is 2.27. The van der Waals surface area contributed by atoms with E-state index in [1.165, 1.54) is 23.8 Å². The van der Waals surface area contributed by atoms with Crippen molar-refractivity contribution in [3.05, 3.63) is 35.5 Å². The average molecular weight is 366 g/mol. The molecule has 0 bridgehead atoms. The van der Waals surface area contributed by atoms with Gasteiger partial charge in [-0.25, -0.2) is 4.79 Å². The smallest absolute Gasteiger partial charge is 0.337 e. The molecule has 1 aliphatic rings. The van der Waals surface area contributed by atoms with Gasteiger partial charge in [-0.15, -0.1) is 11.8 Å². The molecule has 25 heavy (non-hydrogen) atoms. The minimum Gasteiger partial charge on any atom is -0.481 e. The van der Waals surface area contributed by atoms with Crippen LogP contribution in [0.3, 0.4) is 0 Å². The Morgan fingerprint density at radius 2 is 2.00 bits per heavy atom. The zero-order valence-electron chi connectivity index (χ0n) is 13.5. The number of methoxy groups -OCH3 is 1. The third kappa shape index (κ3) is 4.74. The molecular weight excluding hydrogens is 348 g/mol. The van der Waals surface area contributed by atoms with Gasteiger partial charge in [0.1, 0.15) is 5.70 Å². The van der Waals surface area contributed by atoms with Gasteiger partial charge in [0, 0.05) is 17.1 Å². The first kappa shape index (κ1) is 18.8. The zero-order valence-corrected chi connectivity index (χ0v) is 14.3. The number of carboxylic acids is 1. The van der Waals surface area contributed by atoms with E-state index in [0.29, 0.717) is 5.69 Å². The first-order chi connectivity index (χ1) is 12.0. The predicted octanol–water partition coefficient (Wildman–Crippen LogP) is 0.537. The van der Waals surface area contributed by atoms with Crippen LogP contribution in [0.15, 0.2) is 40.4 Å². The van der Waals surface area contributed by atoms with Crippen LogP contribution < -0.4 is 5.32 Å². The van der Waals surface area contributed by atoms with Crippen LogP contribution in [0.1, 0.15) is 0 Å². The van der Waals surface area contributed by atoms with Crippen molar-refractivity contribution < 1.29 is 29.3 Å². The molecule has 1 aliphatic heterocycles. The number of esters is 1. The lowest BCUT2D eigenvalue weighted by Gasteiger charge is -2.15. The van der Waals surface area contributed by atoms with Gasteiger partial charge >= 0.3 is 11.9 Å². The largest absolute Gasteiger partial charge is 0.481 e.